The van der Waals surface area contributed by atoms with E-state index >= 15 is 0 Å². The maximum absolute atomic E-state index is 13.3. The van der Waals surface area contributed by atoms with Crippen molar-refractivity contribution in [1.82, 2.24) is 15.2 Å². The Morgan fingerprint density at radius 1 is 1.40 bits per heavy atom. The Morgan fingerprint density at radius 3 is 2.88 bits per heavy atom. The number of hydrogen-bond acceptors (Lipinski definition) is 4. The van der Waals surface area contributed by atoms with E-state index in [2.05, 4.69) is 24.1 Å². The number of carbonyl (C=O) groups excluding carboxylic acids is 1. The van der Waals surface area contributed by atoms with Crippen LogP contribution in [0.5, 0.6) is 0 Å². The monoisotopic (exact) mass is 405 g/mol. The maximum atomic E-state index is 13.3. The fourth-order valence-electron chi connectivity index (χ4n) is 2.81. The number of benzene rings is 1. The number of rotatable bonds is 3. The SMILES string of the molecule is CC1NCCN(C(=O)Cc2csc(-c3cccc(F)c3)n2)C1C.Cl.Cl. The van der Waals surface area contributed by atoms with Gasteiger partial charge in [-0.3, -0.25) is 4.79 Å². The number of carbonyl (C=O) groups is 1. The fraction of sp³-hybridized carbons (Fsp3) is 0.412. The molecule has 0 bridgehead atoms. The van der Waals surface area contributed by atoms with E-state index in [0.29, 0.717) is 12.5 Å². The number of hydrogen-bond donors (Lipinski definition) is 1. The van der Waals surface area contributed by atoms with E-state index in [0.717, 1.165) is 29.4 Å². The first-order chi connectivity index (χ1) is 11.0. The van der Waals surface area contributed by atoms with Crippen LogP contribution in [0.3, 0.4) is 0 Å². The molecule has 2 atom stereocenters. The normalized spacial score (nSPS) is 19.7. The first-order valence-electron chi connectivity index (χ1n) is 7.78. The number of nitrogens with one attached hydrogen (secondary N) is 1. The minimum absolute atomic E-state index is 0. The molecule has 1 aromatic carbocycles. The zero-order valence-corrected chi connectivity index (χ0v) is 16.5. The molecule has 3 rings (SSSR count). The van der Waals surface area contributed by atoms with E-state index in [1.165, 1.54) is 23.5 Å². The number of halogens is 3. The maximum Gasteiger partial charge on any atom is 0.228 e. The predicted molar refractivity (Wildman–Crippen MR) is 104 cm³/mol. The summed E-state index contributed by atoms with van der Waals surface area (Å²) in [5, 5.41) is 6.00. The number of amides is 1. The van der Waals surface area contributed by atoms with Gasteiger partial charge < -0.3 is 10.2 Å². The Kier molecular flexibility index (Phi) is 8.28. The van der Waals surface area contributed by atoms with Crippen molar-refractivity contribution in [3.05, 3.63) is 41.2 Å². The zero-order chi connectivity index (χ0) is 16.4. The molecule has 0 aliphatic carbocycles. The molecule has 2 aromatic rings. The number of piperazine rings is 1. The van der Waals surface area contributed by atoms with Gasteiger partial charge >= 0.3 is 0 Å². The van der Waals surface area contributed by atoms with Gasteiger partial charge in [-0.15, -0.1) is 36.2 Å². The third-order valence-electron chi connectivity index (χ3n) is 4.31. The van der Waals surface area contributed by atoms with E-state index in [1.54, 1.807) is 6.07 Å². The smallest absolute Gasteiger partial charge is 0.228 e. The molecule has 1 aliphatic heterocycles. The molecule has 0 radical (unpaired) electrons. The largest absolute Gasteiger partial charge is 0.337 e. The summed E-state index contributed by atoms with van der Waals surface area (Å²) in [7, 11) is 0. The Balaban J connectivity index is 0.00000156. The summed E-state index contributed by atoms with van der Waals surface area (Å²) in [5.41, 5.74) is 1.50. The summed E-state index contributed by atoms with van der Waals surface area (Å²) >= 11 is 1.44. The molecule has 25 heavy (non-hydrogen) atoms. The van der Waals surface area contributed by atoms with Crippen LogP contribution in [-0.4, -0.2) is 41.0 Å². The van der Waals surface area contributed by atoms with Crippen LogP contribution < -0.4 is 5.32 Å². The molecule has 1 aromatic heterocycles. The molecule has 8 heteroatoms. The Morgan fingerprint density at radius 2 is 2.16 bits per heavy atom. The van der Waals surface area contributed by atoms with Gasteiger partial charge in [0, 0.05) is 36.1 Å². The third-order valence-corrected chi connectivity index (χ3v) is 5.25. The van der Waals surface area contributed by atoms with Gasteiger partial charge in [0.1, 0.15) is 10.8 Å². The second-order valence-electron chi connectivity index (χ2n) is 5.90. The lowest BCUT2D eigenvalue weighted by atomic mass is 10.1. The van der Waals surface area contributed by atoms with E-state index in [9.17, 15) is 9.18 Å². The van der Waals surface area contributed by atoms with Gasteiger partial charge in [-0.05, 0) is 26.0 Å². The predicted octanol–water partition coefficient (Wildman–Crippen LogP) is 3.54. The van der Waals surface area contributed by atoms with Gasteiger partial charge in [-0.2, -0.15) is 0 Å². The van der Waals surface area contributed by atoms with Crippen LogP contribution in [0.1, 0.15) is 19.5 Å². The third kappa shape index (κ3) is 5.14. The molecule has 1 saturated heterocycles. The van der Waals surface area contributed by atoms with Gasteiger partial charge in [-0.25, -0.2) is 9.37 Å². The van der Waals surface area contributed by atoms with Crippen molar-refractivity contribution in [1.29, 1.82) is 0 Å². The van der Waals surface area contributed by atoms with Crippen molar-refractivity contribution in [3.63, 3.8) is 0 Å². The molecule has 4 nitrogen and oxygen atoms in total. The highest BCUT2D eigenvalue weighted by Crippen LogP contribution is 2.25. The summed E-state index contributed by atoms with van der Waals surface area (Å²) in [5.74, 6) is -0.180. The van der Waals surface area contributed by atoms with Crippen molar-refractivity contribution in [2.75, 3.05) is 13.1 Å². The van der Waals surface area contributed by atoms with Crippen LogP contribution in [0.2, 0.25) is 0 Å². The van der Waals surface area contributed by atoms with Crippen LogP contribution in [0.15, 0.2) is 29.6 Å². The molecule has 0 saturated carbocycles. The molecule has 2 heterocycles. The quantitative estimate of drug-likeness (QED) is 0.848. The summed E-state index contributed by atoms with van der Waals surface area (Å²) < 4.78 is 13.3. The minimum Gasteiger partial charge on any atom is -0.337 e. The Hall–Kier alpha value is -1.21. The molecule has 1 aliphatic rings. The highest BCUT2D eigenvalue weighted by atomic mass is 35.5. The lowest BCUT2D eigenvalue weighted by Crippen LogP contribution is -2.57. The van der Waals surface area contributed by atoms with Gasteiger partial charge in [0.05, 0.1) is 12.1 Å². The molecule has 2 unspecified atom stereocenters. The van der Waals surface area contributed by atoms with Crippen molar-refractivity contribution in [3.8, 4) is 10.6 Å². The Bertz CT molecular complexity index is 713. The average molecular weight is 406 g/mol. The highest BCUT2D eigenvalue weighted by Gasteiger charge is 2.28. The molecule has 138 valence electrons. The van der Waals surface area contributed by atoms with Crippen LogP contribution in [0.25, 0.3) is 10.6 Å². The van der Waals surface area contributed by atoms with Crippen LogP contribution in [0.4, 0.5) is 4.39 Å². The summed E-state index contributed by atoms with van der Waals surface area (Å²) in [6.07, 6.45) is 0.295. The second kappa shape index (κ2) is 9.48. The minimum atomic E-state index is -0.279. The van der Waals surface area contributed by atoms with Crippen molar-refractivity contribution < 1.29 is 9.18 Å². The first-order valence-corrected chi connectivity index (χ1v) is 8.66. The van der Waals surface area contributed by atoms with Gasteiger partial charge in [0.2, 0.25) is 5.91 Å². The molecule has 1 N–H and O–H groups in total. The van der Waals surface area contributed by atoms with E-state index < -0.39 is 0 Å². The Labute approximate surface area is 163 Å². The number of nitrogens with zero attached hydrogens (tertiary/aromatic N) is 2. The van der Waals surface area contributed by atoms with Crippen molar-refractivity contribution >= 4 is 42.1 Å². The molecule has 0 spiro atoms. The van der Waals surface area contributed by atoms with E-state index in [1.807, 2.05) is 16.3 Å². The zero-order valence-electron chi connectivity index (χ0n) is 14.1. The molecule has 1 fully saturated rings. The van der Waals surface area contributed by atoms with Gasteiger partial charge in [0.15, 0.2) is 0 Å². The number of aromatic nitrogens is 1. The van der Waals surface area contributed by atoms with Gasteiger partial charge in [-0.1, -0.05) is 12.1 Å². The topological polar surface area (TPSA) is 45.2 Å². The lowest BCUT2D eigenvalue weighted by Gasteiger charge is -2.38. The highest BCUT2D eigenvalue weighted by molar-refractivity contribution is 7.13. The van der Waals surface area contributed by atoms with Crippen molar-refractivity contribution in [2.45, 2.75) is 32.4 Å². The lowest BCUT2D eigenvalue weighted by molar-refractivity contribution is -0.134. The summed E-state index contributed by atoms with van der Waals surface area (Å²) in [6, 6.07) is 6.84. The van der Waals surface area contributed by atoms with Crippen LogP contribution >= 0.6 is 36.2 Å². The van der Waals surface area contributed by atoms with E-state index in [4.69, 9.17) is 0 Å². The number of thiazole rings is 1. The first kappa shape index (κ1) is 21.8. The van der Waals surface area contributed by atoms with Crippen LogP contribution in [0, 0.1) is 5.82 Å². The fourth-order valence-corrected chi connectivity index (χ4v) is 3.62. The standard InChI is InChI=1S/C17H20FN3OS.2ClH/c1-11-12(2)21(7-6-19-11)16(22)9-15-10-23-17(20-15)13-4-3-5-14(18)8-13;;/h3-5,8,10-12,19H,6-7,9H2,1-2H3;2*1H. The summed E-state index contributed by atoms with van der Waals surface area (Å²) in [4.78, 5) is 18.9. The molecular formula is C17H22Cl2FN3OS. The average Bonchev–Trinajstić information content (AvgIpc) is 2.98. The second-order valence-corrected chi connectivity index (χ2v) is 6.76. The van der Waals surface area contributed by atoms with Gasteiger partial charge in [0.25, 0.3) is 0 Å². The van der Waals surface area contributed by atoms with Crippen LogP contribution in [-0.2, 0) is 11.2 Å². The molecule has 1 amide bonds. The summed E-state index contributed by atoms with van der Waals surface area (Å²) in [6.45, 7) is 5.71. The molecular weight excluding hydrogens is 384 g/mol. The van der Waals surface area contributed by atoms with E-state index in [-0.39, 0.29) is 42.6 Å². The van der Waals surface area contributed by atoms with Crippen molar-refractivity contribution in [2.24, 2.45) is 0 Å².